The highest BCUT2D eigenvalue weighted by Gasteiger charge is 2.18. The molecule has 1 aliphatic heterocycles. The van der Waals surface area contributed by atoms with Gasteiger partial charge < -0.3 is 5.32 Å². The van der Waals surface area contributed by atoms with Gasteiger partial charge in [-0.3, -0.25) is 0 Å². The molecule has 60 valence electrons. The summed E-state index contributed by atoms with van der Waals surface area (Å²) in [4.78, 5) is 0. The van der Waals surface area contributed by atoms with E-state index in [9.17, 15) is 0 Å². The maximum atomic E-state index is 5.83. The monoisotopic (exact) mass is 172 g/mol. The molecule has 4 nitrogen and oxygen atoms in total. The highest BCUT2D eigenvalue weighted by Crippen LogP contribution is 2.17. The zero-order chi connectivity index (χ0) is 7.68. The molecular weight excluding hydrogens is 164 g/mol. The van der Waals surface area contributed by atoms with Crippen LogP contribution in [-0.4, -0.2) is 28.1 Å². The van der Waals surface area contributed by atoms with E-state index in [1.165, 1.54) is 0 Å². The molecule has 1 N–H and O–H groups in total. The molecule has 0 saturated carbocycles. The molecule has 2 heterocycles. The van der Waals surface area contributed by atoms with Gasteiger partial charge in [0.05, 0.1) is 12.2 Å². The normalized spacial score (nSPS) is 24.3. The quantitative estimate of drug-likeness (QED) is 0.670. The van der Waals surface area contributed by atoms with Crippen molar-refractivity contribution in [2.75, 3.05) is 13.1 Å². The molecule has 1 aliphatic rings. The van der Waals surface area contributed by atoms with Crippen LogP contribution in [0.2, 0.25) is 5.15 Å². The van der Waals surface area contributed by atoms with E-state index < -0.39 is 0 Å². The fourth-order valence-corrected chi connectivity index (χ4v) is 1.54. The van der Waals surface area contributed by atoms with Gasteiger partial charge in [-0.15, -0.1) is 5.10 Å². The van der Waals surface area contributed by atoms with Crippen molar-refractivity contribution in [1.82, 2.24) is 20.3 Å². The summed E-state index contributed by atoms with van der Waals surface area (Å²) in [5.74, 6) is 0. The maximum Gasteiger partial charge on any atom is 0.147 e. The summed E-state index contributed by atoms with van der Waals surface area (Å²) in [6.45, 7) is 1.99. The Hall–Kier alpha value is -0.610. The van der Waals surface area contributed by atoms with Gasteiger partial charge >= 0.3 is 0 Å². The zero-order valence-electron chi connectivity index (χ0n) is 6.00. The number of nitrogens with one attached hydrogen (secondary N) is 1. The van der Waals surface area contributed by atoms with Gasteiger partial charge in [-0.2, -0.15) is 0 Å². The van der Waals surface area contributed by atoms with Crippen LogP contribution in [0.4, 0.5) is 0 Å². The summed E-state index contributed by atoms with van der Waals surface area (Å²) in [7, 11) is 0. The van der Waals surface area contributed by atoms with E-state index in [-0.39, 0.29) is 0 Å². The van der Waals surface area contributed by atoms with Crippen molar-refractivity contribution in [3.8, 4) is 0 Å². The predicted octanol–water partition coefficient (Wildman–Crippen LogP) is 0.466. The first-order valence-electron chi connectivity index (χ1n) is 3.64. The van der Waals surface area contributed by atoms with Gasteiger partial charge in [-0.05, 0) is 13.0 Å². The summed E-state index contributed by atoms with van der Waals surface area (Å²) in [5, 5.41) is 11.5. The van der Waals surface area contributed by atoms with Crippen LogP contribution in [0, 0.1) is 0 Å². The van der Waals surface area contributed by atoms with Crippen LogP contribution in [0.5, 0.6) is 0 Å². The predicted molar refractivity (Wildman–Crippen MR) is 41.6 cm³/mol. The molecule has 0 amide bonds. The number of hydrogen-bond donors (Lipinski definition) is 1. The lowest BCUT2D eigenvalue weighted by molar-refractivity contribution is 0.476. The first-order valence-corrected chi connectivity index (χ1v) is 4.02. The minimum absolute atomic E-state index is 0.394. The Morgan fingerprint density at radius 1 is 1.73 bits per heavy atom. The second-order valence-electron chi connectivity index (χ2n) is 2.65. The highest BCUT2D eigenvalue weighted by molar-refractivity contribution is 6.29. The number of hydrogen-bond acceptors (Lipinski definition) is 3. The zero-order valence-corrected chi connectivity index (χ0v) is 6.75. The summed E-state index contributed by atoms with van der Waals surface area (Å²) >= 11 is 5.83. The third-order valence-electron chi connectivity index (χ3n) is 1.91. The van der Waals surface area contributed by atoms with Crippen molar-refractivity contribution in [2.45, 2.75) is 12.5 Å². The molecule has 0 bridgehead atoms. The van der Waals surface area contributed by atoms with E-state index in [1.807, 2.05) is 0 Å². The molecule has 0 spiro atoms. The number of nitrogens with zero attached hydrogens (tertiary/aromatic N) is 3. The molecule has 2 rings (SSSR count). The summed E-state index contributed by atoms with van der Waals surface area (Å²) < 4.78 is 1.77. The highest BCUT2D eigenvalue weighted by atomic mass is 35.5. The lowest BCUT2D eigenvalue weighted by atomic mass is 10.3. The Morgan fingerprint density at radius 2 is 2.64 bits per heavy atom. The topological polar surface area (TPSA) is 42.7 Å². The molecule has 11 heavy (non-hydrogen) atoms. The number of halogens is 1. The van der Waals surface area contributed by atoms with E-state index in [0.29, 0.717) is 11.2 Å². The number of rotatable bonds is 1. The second-order valence-corrected chi connectivity index (χ2v) is 3.04. The third-order valence-corrected chi connectivity index (χ3v) is 2.18. The Balaban J connectivity index is 2.21. The molecule has 0 aliphatic carbocycles. The molecule has 1 fully saturated rings. The van der Waals surface area contributed by atoms with Gasteiger partial charge in [-0.25, -0.2) is 4.68 Å². The van der Waals surface area contributed by atoms with Crippen LogP contribution in [-0.2, 0) is 0 Å². The summed E-state index contributed by atoms with van der Waals surface area (Å²) in [5.41, 5.74) is 0. The summed E-state index contributed by atoms with van der Waals surface area (Å²) in [6.07, 6.45) is 2.66. The van der Waals surface area contributed by atoms with E-state index in [4.69, 9.17) is 11.6 Å². The van der Waals surface area contributed by atoms with E-state index in [2.05, 4.69) is 15.6 Å². The first kappa shape index (κ1) is 7.06. The molecule has 1 aromatic rings. The third kappa shape index (κ3) is 1.23. The lowest BCUT2D eigenvalue weighted by Gasteiger charge is -2.07. The average Bonchev–Trinajstić information content (AvgIpc) is 2.55. The van der Waals surface area contributed by atoms with Crippen molar-refractivity contribution < 1.29 is 0 Å². The standard InChI is InChI=1S/C6H9ClN4/c7-6-4-9-10-11(6)5-1-2-8-3-5/h4-5,8H,1-3H2. The maximum absolute atomic E-state index is 5.83. The smallest absolute Gasteiger partial charge is 0.147 e. The van der Waals surface area contributed by atoms with E-state index in [0.717, 1.165) is 19.5 Å². The fraction of sp³-hybridized carbons (Fsp3) is 0.667. The van der Waals surface area contributed by atoms with Gasteiger partial charge in [0.1, 0.15) is 5.15 Å². The molecule has 1 unspecified atom stereocenters. The first-order chi connectivity index (χ1) is 5.38. The second kappa shape index (κ2) is 2.79. The Kier molecular flexibility index (Phi) is 1.79. The molecular formula is C6H9ClN4. The number of aromatic nitrogens is 3. The molecule has 5 heteroatoms. The van der Waals surface area contributed by atoms with Crippen LogP contribution < -0.4 is 5.32 Å². The van der Waals surface area contributed by atoms with Crippen molar-refractivity contribution in [2.24, 2.45) is 0 Å². The average molecular weight is 173 g/mol. The molecule has 1 atom stereocenters. The lowest BCUT2D eigenvalue weighted by Crippen LogP contribution is -2.14. The molecule has 0 radical (unpaired) electrons. The van der Waals surface area contributed by atoms with Crippen LogP contribution >= 0.6 is 11.6 Å². The van der Waals surface area contributed by atoms with Crippen molar-refractivity contribution in [3.05, 3.63) is 11.3 Å². The SMILES string of the molecule is Clc1cnnn1C1CCNC1. The molecule has 0 aromatic carbocycles. The van der Waals surface area contributed by atoms with Crippen LogP contribution in [0.15, 0.2) is 6.20 Å². The van der Waals surface area contributed by atoms with Gasteiger partial charge in [-0.1, -0.05) is 16.8 Å². The van der Waals surface area contributed by atoms with Gasteiger partial charge in [0.2, 0.25) is 0 Å². The van der Waals surface area contributed by atoms with Gasteiger partial charge in [0, 0.05) is 6.54 Å². The van der Waals surface area contributed by atoms with E-state index >= 15 is 0 Å². The largest absolute Gasteiger partial charge is 0.315 e. The van der Waals surface area contributed by atoms with Gasteiger partial charge in [0.25, 0.3) is 0 Å². The minimum Gasteiger partial charge on any atom is -0.315 e. The van der Waals surface area contributed by atoms with Crippen LogP contribution in [0.1, 0.15) is 12.5 Å². The fourth-order valence-electron chi connectivity index (χ4n) is 1.33. The van der Waals surface area contributed by atoms with Crippen LogP contribution in [0.3, 0.4) is 0 Å². The molecule has 1 aromatic heterocycles. The van der Waals surface area contributed by atoms with Crippen LogP contribution in [0.25, 0.3) is 0 Å². The summed E-state index contributed by atoms with van der Waals surface area (Å²) in [6, 6.07) is 0.394. The van der Waals surface area contributed by atoms with Crippen molar-refractivity contribution >= 4 is 11.6 Å². The van der Waals surface area contributed by atoms with E-state index in [1.54, 1.807) is 10.9 Å². The van der Waals surface area contributed by atoms with Crippen molar-refractivity contribution in [1.29, 1.82) is 0 Å². The Labute approximate surface area is 69.5 Å². The minimum atomic E-state index is 0.394. The molecule has 1 saturated heterocycles. The Bertz CT molecular complexity index is 240. The van der Waals surface area contributed by atoms with Gasteiger partial charge in [0.15, 0.2) is 0 Å². The Morgan fingerprint density at radius 3 is 3.18 bits per heavy atom. The van der Waals surface area contributed by atoms with Crippen molar-refractivity contribution in [3.63, 3.8) is 0 Å².